The van der Waals surface area contributed by atoms with E-state index in [1.54, 1.807) is 32.2 Å². The van der Waals surface area contributed by atoms with Crippen LogP contribution < -0.4 is 51.4 Å². The molecule has 3 atom stereocenters. The summed E-state index contributed by atoms with van der Waals surface area (Å²) in [4.78, 5) is 9.86. The van der Waals surface area contributed by atoms with Crippen molar-refractivity contribution in [1.29, 1.82) is 0 Å². The third kappa shape index (κ3) is 17.8. The number of hydrogen-bond acceptors (Lipinski definition) is 5. The molecule has 0 aliphatic heterocycles. The van der Waals surface area contributed by atoms with E-state index in [1.165, 1.54) is 7.11 Å². The van der Waals surface area contributed by atoms with Gasteiger partial charge in [-0.25, -0.2) is 8.42 Å². The number of hydrogen-bond donors (Lipinski definition) is 0. The van der Waals surface area contributed by atoms with E-state index in [0.717, 1.165) is 23.7 Å². The van der Waals surface area contributed by atoms with Gasteiger partial charge in [0.1, 0.15) is 0 Å². The molecule has 0 aromatic rings. The Morgan fingerprint density at radius 2 is 1.52 bits per heavy atom. The van der Waals surface area contributed by atoms with E-state index < -0.39 is 30.4 Å². The second-order valence-corrected chi connectivity index (χ2v) is 9.80. The first-order valence-corrected chi connectivity index (χ1v) is 11.6. The van der Waals surface area contributed by atoms with Crippen LogP contribution in [0.25, 0.3) is 4.72 Å². The van der Waals surface area contributed by atoms with Gasteiger partial charge in [-0.1, -0.05) is 50.0 Å². The molecule has 6 nitrogen and oxygen atoms in total. The number of halogens is 3. The van der Waals surface area contributed by atoms with Crippen LogP contribution in [-0.4, -0.2) is 35.9 Å². The van der Waals surface area contributed by atoms with E-state index in [4.69, 9.17) is 0 Å². The van der Waals surface area contributed by atoms with Crippen LogP contribution in [0.5, 0.6) is 0 Å². The van der Waals surface area contributed by atoms with Gasteiger partial charge in [-0.15, -0.1) is 0 Å². The van der Waals surface area contributed by atoms with E-state index in [2.05, 4.69) is 18.3 Å². The summed E-state index contributed by atoms with van der Waals surface area (Å²) in [7, 11) is -5.81. The van der Waals surface area contributed by atoms with E-state index in [0.29, 0.717) is 6.92 Å². The fraction of sp³-hybridized carbons (Fsp3) is 0.947. The summed E-state index contributed by atoms with van der Waals surface area (Å²) in [5, 5.41) is 0. The van der Waals surface area contributed by atoms with E-state index >= 15 is 0 Å². The minimum atomic E-state index is -5.62. The number of carbonyl (C=O) groups excluding carboxylic acids is 1. The summed E-state index contributed by atoms with van der Waals surface area (Å²) < 4.78 is 69.9. The maximum atomic E-state index is 11.4. The Hall–Kier alpha value is 0.663. The van der Waals surface area contributed by atoms with Crippen LogP contribution in [0.3, 0.4) is 0 Å². The van der Waals surface area contributed by atoms with Crippen molar-refractivity contribution in [1.82, 2.24) is 0 Å². The van der Waals surface area contributed by atoms with Gasteiger partial charge in [0.05, 0.1) is 13.0 Å². The van der Waals surface area contributed by atoms with Crippen LogP contribution in [0.4, 0.5) is 13.2 Å². The van der Waals surface area contributed by atoms with Gasteiger partial charge in [-0.05, 0) is 49.9 Å². The van der Waals surface area contributed by atoms with Crippen molar-refractivity contribution < 1.29 is 86.7 Å². The normalized spacial score (nSPS) is 20.2. The van der Waals surface area contributed by atoms with Crippen molar-refractivity contribution in [3.63, 3.8) is 0 Å². The van der Waals surface area contributed by atoms with Crippen molar-refractivity contribution in [2.45, 2.75) is 88.2 Å². The van der Waals surface area contributed by atoms with Gasteiger partial charge < -0.3 is 18.4 Å². The molecule has 31 heavy (non-hydrogen) atoms. The number of fused-ring (bicyclic) bond motifs is 2. The van der Waals surface area contributed by atoms with Gasteiger partial charge in [0.25, 0.3) is 0 Å². The van der Waals surface area contributed by atoms with E-state index in [9.17, 15) is 30.8 Å². The Morgan fingerprint density at radius 3 is 1.65 bits per heavy atom. The number of carbonyl (C=O) groups is 1. The fourth-order valence-electron chi connectivity index (χ4n) is 3.33. The van der Waals surface area contributed by atoms with Gasteiger partial charge in [0, 0.05) is 6.55 Å². The fourth-order valence-corrected chi connectivity index (χ4v) is 3.77. The third-order valence-corrected chi connectivity index (χ3v) is 6.14. The van der Waals surface area contributed by atoms with E-state index in [-0.39, 0.29) is 81.1 Å². The first-order chi connectivity index (χ1) is 11.7. The second kappa shape index (κ2) is 20.1. The Labute approximate surface area is 233 Å². The third-order valence-electron chi connectivity index (χ3n) is 4.48. The maximum Gasteiger partial charge on any atom is 1.00 e. The zero-order valence-electron chi connectivity index (χ0n) is 16.7. The van der Waals surface area contributed by atoms with Crippen molar-refractivity contribution >= 4 is 24.9 Å². The molecule has 186 valence electrons. The van der Waals surface area contributed by atoms with Crippen LogP contribution in [0.1, 0.15) is 76.2 Å². The molecule has 12 heteroatoms. The standard InChI is InChI=1S/C10H18.C3H4F3NO3S.C2H6O2Si.4CH4.K/c1-7(2)10-6-8-3-4-9(10)5-8;1-2(8)7-11(9,10)3(4,5)6;1-4-5(2)3;;;;;/h7-10H,3-6H2,1-2H3;1H3,(H,7,8);1-2H3;4*1H4;/q;;;;;;;+1/p-1. The van der Waals surface area contributed by atoms with Crippen LogP contribution in [0.15, 0.2) is 0 Å². The second-order valence-electron chi connectivity index (χ2n) is 6.81. The average Bonchev–Trinajstić information content (AvgIpc) is 3.08. The molecule has 2 saturated carbocycles. The molecule has 0 heterocycles. The Morgan fingerprint density at radius 1 is 1.10 bits per heavy atom. The van der Waals surface area contributed by atoms with Gasteiger partial charge in [0.2, 0.25) is 0 Å². The SMILES string of the molecule is C.C.C.C.CC(=O)[N-]S(=O)(=O)C(F)(F)F.CC(C)C1CC2CCC1C2.CO[Si](C)=O.[K+]. The minimum absolute atomic E-state index is 0. The van der Waals surface area contributed by atoms with Crippen LogP contribution >= 0.6 is 0 Å². The zero-order valence-corrected chi connectivity index (χ0v) is 21.6. The summed E-state index contributed by atoms with van der Waals surface area (Å²) in [5.74, 6) is 2.92. The average molecular weight is 522 g/mol. The minimum Gasteiger partial charge on any atom is -0.539 e. The molecule has 0 radical (unpaired) electrons. The molecule has 2 rings (SSSR count). The summed E-state index contributed by atoms with van der Waals surface area (Å²) >= 11 is 0. The molecule has 1 amide bonds. The molecule has 3 unspecified atom stereocenters. The summed E-state index contributed by atoms with van der Waals surface area (Å²) in [6, 6.07) is 0. The van der Waals surface area contributed by atoms with Crippen molar-refractivity contribution in [3.05, 3.63) is 4.72 Å². The van der Waals surface area contributed by atoms with Gasteiger partial charge in [0.15, 0.2) is 10.0 Å². The molecular formula is C19H43F3KNO5SSi. The molecule has 0 aromatic heterocycles. The molecule has 0 aromatic carbocycles. The van der Waals surface area contributed by atoms with Gasteiger partial charge in [-0.2, -0.15) is 13.2 Å². The molecule has 0 spiro atoms. The molecule has 2 aliphatic carbocycles. The van der Waals surface area contributed by atoms with Crippen LogP contribution in [-0.2, 0) is 23.7 Å². The number of alkyl halides is 3. The first-order valence-electron chi connectivity index (χ1n) is 8.30. The number of amides is 1. The number of sulfonamides is 1. The predicted molar refractivity (Wildman–Crippen MR) is 119 cm³/mol. The number of nitrogens with zero attached hydrogens (tertiary/aromatic N) is 1. The van der Waals surface area contributed by atoms with Gasteiger partial charge >= 0.3 is 65.8 Å². The van der Waals surface area contributed by atoms with Gasteiger partial charge in [-0.3, -0.25) is 0 Å². The quantitative estimate of drug-likeness (QED) is 0.530. The summed E-state index contributed by atoms with van der Waals surface area (Å²) in [6.45, 7) is 6.95. The van der Waals surface area contributed by atoms with Crippen molar-refractivity contribution in [2.75, 3.05) is 7.11 Å². The molecule has 0 N–H and O–H groups in total. The molecule has 2 bridgehead atoms. The Balaban J connectivity index is -0.0000000736. The number of rotatable bonds is 3. The smallest absolute Gasteiger partial charge is 0.539 e. The van der Waals surface area contributed by atoms with Crippen LogP contribution in [0.2, 0.25) is 6.55 Å². The monoisotopic (exact) mass is 521 g/mol. The van der Waals surface area contributed by atoms with Crippen molar-refractivity contribution in [2.24, 2.45) is 23.7 Å². The summed E-state index contributed by atoms with van der Waals surface area (Å²) in [5.41, 5.74) is -5.49. The van der Waals surface area contributed by atoms with Crippen molar-refractivity contribution in [3.8, 4) is 0 Å². The molecule has 0 saturated heterocycles. The largest absolute Gasteiger partial charge is 1.00 e. The molecule has 2 fully saturated rings. The Kier molecular flexibility index (Phi) is 29.3. The summed E-state index contributed by atoms with van der Waals surface area (Å²) in [6.07, 6.45) is 6.23. The Bertz CT molecular complexity index is 590. The topological polar surface area (TPSA) is 91.6 Å². The predicted octanol–water partition coefficient (Wildman–Crippen LogP) is 3.56. The zero-order chi connectivity index (χ0) is 20.7. The first kappa shape index (κ1) is 45.2. The molecule has 2 aliphatic rings. The van der Waals surface area contributed by atoms with E-state index in [1.807, 2.05) is 4.72 Å². The maximum absolute atomic E-state index is 11.4. The molecular weight excluding hydrogens is 478 g/mol. The van der Waals surface area contributed by atoms with Crippen LogP contribution in [0, 0.1) is 23.7 Å².